The topological polar surface area (TPSA) is 21.3 Å². The number of fused-ring (bicyclic) bond motifs is 1. The first kappa shape index (κ1) is 20.1. The molecule has 0 unspecified atom stereocenters. The minimum absolute atomic E-state index is 0. The fourth-order valence-electron chi connectivity index (χ4n) is 2.57. The number of nitrogens with one attached hydrogen (secondary N) is 1. The van der Waals surface area contributed by atoms with Crippen molar-refractivity contribution in [1.82, 2.24) is 4.98 Å². The van der Waals surface area contributed by atoms with Gasteiger partial charge >= 0.3 is 46.2 Å². The van der Waals surface area contributed by atoms with Gasteiger partial charge in [-0.3, -0.25) is 0 Å². The van der Waals surface area contributed by atoms with E-state index in [0.717, 1.165) is 12.2 Å². The molecule has 0 heterocycles. The maximum atomic E-state index is 6.25. The number of hydrogen-bond acceptors (Lipinski definition) is 2. The first-order chi connectivity index (χ1) is 8.25. The third-order valence-corrected chi connectivity index (χ3v) is 4.92. The van der Waals surface area contributed by atoms with Crippen LogP contribution in [0, 0.1) is 0 Å². The molecule has 0 aliphatic heterocycles. The van der Waals surface area contributed by atoms with Crippen molar-refractivity contribution < 1.29 is 4.43 Å². The zero-order valence-electron chi connectivity index (χ0n) is 12.0. The summed E-state index contributed by atoms with van der Waals surface area (Å²) in [6.45, 7) is 11.0. The van der Waals surface area contributed by atoms with Gasteiger partial charge in [0.25, 0.3) is 0 Å². The summed E-state index contributed by atoms with van der Waals surface area (Å²) in [5.41, 5.74) is 2.77. The molecule has 0 saturated carbocycles. The molecular formula is C15H25Li2NOSi. The van der Waals surface area contributed by atoms with Gasteiger partial charge in [-0.1, -0.05) is 24.3 Å². The summed E-state index contributed by atoms with van der Waals surface area (Å²) in [6.07, 6.45) is 3.10. The first-order valence-corrected chi connectivity index (χ1v) is 9.43. The zero-order chi connectivity index (χ0) is 13.4. The molecule has 0 radical (unpaired) electrons. The van der Waals surface area contributed by atoms with Gasteiger partial charge in [-0.05, 0) is 51.1 Å². The standard InChI is InChI=1S/C15H23NOSi.2Li.2H/c1-15(2,3)16-18(4,5)17-14-10-12-8-6-7-9-13(12)11-14;;;;/h6-10,16H,11H2,1-5H3;;;;. The molecule has 0 amide bonds. The summed E-state index contributed by atoms with van der Waals surface area (Å²) in [7, 11) is -1.86. The summed E-state index contributed by atoms with van der Waals surface area (Å²) in [5, 5.41) is 0. The van der Waals surface area contributed by atoms with Crippen LogP contribution in [0.4, 0.5) is 0 Å². The molecule has 2 nitrogen and oxygen atoms in total. The van der Waals surface area contributed by atoms with Gasteiger partial charge in [0.1, 0.15) is 0 Å². The van der Waals surface area contributed by atoms with Crippen molar-refractivity contribution in [2.45, 2.75) is 45.8 Å². The summed E-state index contributed by atoms with van der Waals surface area (Å²) in [6, 6.07) is 8.49. The van der Waals surface area contributed by atoms with Crippen LogP contribution < -0.4 is 4.98 Å². The Morgan fingerprint density at radius 1 is 1.10 bits per heavy atom. The molecule has 102 valence electrons. The summed E-state index contributed by atoms with van der Waals surface area (Å²) >= 11 is 0. The van der Waals surface area contributed by atoms with E-state index >= 15 is 0 Å². The SMILES string of the molecule is CC(C)(C)N[Si](C)(C)OC1=Cc2ccccc2C1.[LiH].[LiH]. The third kappa shape index (κ3) is 5.86. The van der Waals surface area contributed by atoms with Gasteiger partial charge < -0.3 is 9.41 Å². The van der Waals surface area contributed by atoms with Crippen LogP contribution in [0.2, 0.25) is 13.1 Å². The Labute approximate surface area is 148 Å². The van der Waals surface area contributed by atoms with Crippen LogP contribution in [0.25, 0.3) is 6.08 Å². The molecule has 1 aromatic carbocycles. The molecule has 0 bridgehead atoms. The molecule has 1 aliphatic rings. The van der Waals surface area contributed by atoms with E-state index in [1.807, 2.05) is 0 Å². The molecule has 5 heteroatoms. The van der Waals surface area contributed by atoms with E-state index in [1.54, 1.807) is 0 Å². The maximum absolute atomic E-state index is 6.25. The minimum atomic E-state index is -1.86. The van der Waals surface area contributed by atoms with Gasteiger partial charge in [0.05, 0.1) is 5.76 Å². The Hall–Kier alpha value is 0.132. The van der Waals surface area contributed by atoms with Gasteiger partial charge in [-0.15, -0.1) is 0 Å². The Morgan fingerprint density at radius 2 is 1.70 bits per heavy atom. The molecule has 0 saturated heterocycles. The van der Waals surface area contributed by atoms with E-state index in [9.17, 15) is 0 Å². The normalized spacial score (nSPS) is 13.8. The van der Waals surface area contributed by atoms with E-state index in [-0.39, 0.29) is 43.3 Å². The van der Waals surface area contributed by atoms with Crippen molar-refractivity contribution in [3.8, 4) is 0 Å². The molecule has 1 N–H and O–H groups in total. The quantitative estimate of drug-likeness (QED) is 0.857. The Morgan fingerprint density at radius 3 is 2.25 bits per heavy atom. The number of allylic oxidation sites excluding steroid dienone is 1. The summed E-state index contributed by atoms with van der Waals surface area (Å²) in [4.78, 5) is 3.62. The van der Waals surface area contributed by atoms with Crippen molar-refractivity contribution in [1.29, 1.82) is 0 Å². The van der Waals surface area contributed by atoms with Crippen LogP contribution in [0.15, 0.2) is 30.0 Å². The van der Waals surface area contributed by atoms with Crippen LogP contribution in [0.1, 0.15) is 31.9 Å². The molecule has 20 heavy (non-hydrogen) atoms. The fourth-order valence-corrected chi connectivity index (χ4v) is 5.21. The Balaban J connectivity index is 0.00000180. The van der Waals surface area contributed by atoms with Crippen LogP contribution in [-0.2, 0) is 10.8 Å². The van der Waals surface area contributed by atoms with Gasteiger partial charge in [-0.2, -0.15) is 0 Å². The predicted molar refractivity (Wildman–Crippen MR) is 93.9 cm³/mol. The second-order valence-corrected chi connectivity index (χ2v) is 9.95. The van der Waals surface area contributed by atoms with Crippen molar-refractivity contribution in [2.75, 3.05) is 0 Å². The average Bonchev–Trinajstić information content (AvgIpc) is 2.53. The van der Waals surface area contributed by atoms with Crippen LogP contribution in [0.3, 0.4) is 0 Å². The molecule has 0 atom stereocenters. The van der Waals surface area contributed by atoms with Crippen molar-refractivity contribution >= 4 is 52.3 Å². The summed E-state index contributed by atoms with van der Waals surface area (Å²) < 4.78 is 6.25. The monoisotopic (exact) mass is 277 g/mol. The van der Waals surface area contributed by atoms with Gasteiger partial charge in [0.2, 0.25) is 0 Å². The average molecular weight is 277 g/mol. The number of hydrogen-bond donors (Lipinski definition) is 1. The molecule has 0 spiro atoms. The Kier molecular flexibility index (Phi) is 7.46. The summed E-state index contributed by atoms with van der Waals surface area (Å²) in [5.74, 6) is 1.10. The van der Waals surface area contributed by atoms with E-state index in [0.29, 0.717) is 0 Å². The van der Waals surface area contributed by atoms with Gasteiger partial charge in [-0.25, -0.2) is 0 Å². The van der Waals surface area contributed by atoms with E-state index in [4.69, 9.17) is 4.43 Å². The first-order valence-electron chi connectivity index (χ1n) is 6.52. The van der Waals surface area contributed by atoms with E-state index < -0.39 is 8.48 Å². The molecule has 1 aliphatic carbocycles. The number of rotatable bonds is 3. The van der Waals surface area contributed by atoms with Crippen molar-refractivity contribution in [3.63, 3.8) is 0 Å². The van der Waals surface area contributed by atoms with Crippen LogP contribution in [0.5, 0.6) is 0 Å². The molecule has 0 fully saturated rings. The van der Waals surface area contributed by atoms with Crippen LogP contribution in [-0.4, -0.2) is 51.7 Å². The third-order valence-electron chi connectivity index (χ3n) is 2.80. The number of benzene rings is 1. The Bertz CT molecular complexity index is 481. The predicted octanol–water partition coefficient (Wildman–Crippen LogP) is 2.39. The van der Waals surface area contributed by atoms with E-state index in [1.165, 1.54) is 11.1 Å². The van der Waals surface area contributed by atoms with Crippen molar-refractivity contribution in [3.05, 3.63) is 41.2 Å². The molecule has 0 aromatic heterocycles. The van der Waals surface area contributed by atoms with Crippen molar-refractivity contribution in [2.24, 2.45) is 0 Å². The second kappa shape index (κ2) is 7.41. The second-order valence-electron chi connectivity index (χ2n) is 6.47. The molecular weight excluding hydrogens is 252 g/mol. The molecule has 2 rings (SSSR count). The molecule has 1 aromatic rings. The van der Waals surface area contributed by atoms with E-state index in [2.05, 4.69) is 69.2 Å². The van der Waals surface area contributed by atoms with Gasteiger partial charge in [0, 0.05) is 12.0 Å². The zero-order valence-corrected chi connectivity index (χ0v) is 13.0. The van der Waals surface area contributed by atoms with Crippen LogP contribution >= 0.6 is 0 Å². The fraction of sp³-hybridized carbons (Fsp3) is 0.467. The van der Waals surface area contributed by atoms with Gasteiger partial charge in [0.15, 0.2) is 0 Å².